The molecule has 0 bridgehead atoms. The van der Waals surface area contributed by atoms with Gasteiger partial charge in [-0.1, -0.05) is 12.1 Å². The fourth-order valence-electron chi connectivity index (χ4n) is 2.79. The van der Waals surface area contributed by atoms with Gasteiger partial charge in [0.2, 0.25) is 0 Å². The Morgan fingerprint density at radius 2 is 1.92 bits per heavy atom. The Labute approximate surface area is 149 Å². The van der Waals surface area contributed by atoms with Crippen LogP contribution in [0, 0.1) is 0 Å². The minimum absolute atomic E-state index is 0.142. The number of anilines is 1. The Hall–Kier alpha value is -2.77. The normalized spacial score (nSPS) is 11.2. The number of nitrogens with one attached hydrogen (secondary N) is 3. The molecule has 4 aromatic rings. The van der Waals surface area contributed by atoms with Gasteiger partial charge in [0, 0.05) is 29.7 Å². The summed E-state index contributed by atoms with van der Waals surface area (Å²) in [5.74, 6) is 0. The summed E-state index contributed by atoms with van der Waals surface area (Å²) in [5, 5.41) is 16.6. The maximum Gasteiger partial charge on any atom is 0.170 e. The number of hydrogen-bond acceptors (Lipinski definition) is 4. The largest absolute Gasteiger partial charge is 0.396 e. The van der Waals surface area contributed by atoms with Crippen molar-refractivity contribution >= 4 is 56.1 Å². The van der Waals surface area contributed by atoms with Crippen molar-refractivity contribution in [2.75, 3.05) is 18.5 Å². The zero-order valence-electron chi connectivity index (χ0n) is 13.4. The van der Waals surface area contributed by atoms with E-state index in [2.05, 4.69) is 20.6 Å². The molecule has 0 atom stereocenters. The molecule has 0 fully saturated rings. The molecule has 0 aliphatic heterocycles. The van der Waals surface area contributed by atoms with Crippen molar-refractivity contribution < 1.29 is 5.11 Å². The van der Waals surface area contributed by atoms with E-state index in [-0.39, 0.29) is 6.61 Å². The number of H-pyrrole nitrogens is 1. The molecule has 6 nitrogen and oxygen atoms in total. The maximum atomic E-state index is 8.82. The Morgan fingerprint density at radius 1 is 1.12 bits per heavy atom. The van der Waals surface area contributed by atoms with Crippen LogP contribution in [0.3, 0.4) is 0 Å². The molecule has 0 amide bonds. The van der Waals surface area contributed by atoms with Gasteiger partial charge in [-0.25, -0.2) is 9.97 Å². The fourth-order valence-corrected chi connectivity index (χ4v) is 3.01. The maximum absolute atomic E-state index is 8.82. The van der Waals surface area contributed by atoms with Crippen molar-refractivity contribution in [3.05, 3.63) is 42.5 Å². The van der Waals surface area contributed by atoms with Crippen LogP contribution in [0.2, 0.25) is 0 Å². The van der Waals surface area contributed by atoms with Gasteiger partial charge in [0.15, 0.2) is 10.8 Å². The third-order valence-electron chi connectivity index (χ3n) is 3.98. The number of nitrogens with zero attached hydrogens (tertiary/aromatic N) is 2. The Balaban J connectivity index is 1.70. The number of aliphatic hydroxyl groups is 1. The fraction of sp³-hybridized carbons (Fsp3) is 0.167. The molecule has 0 saturated carbocycles. The van der Waals surface area contributed by atoms with Gasteiger partial charge in [-0.3, -0.25) is 0 Å². The van der Waals surface area contributed by atoms with Crippen molar-refractivity contribution in [1.82, 2.24) is 20.3 Å². The minimum Gasteiger partial charge on any atom is -0.396 e. The molecule has 4 N–H and O–H groups in total. The molecule has 0 unspecified atom stereocenters. The van der Waals surface area contributed by atoms with Crippen molar-refractivity contribution in [2.24, 2.45) is 0 Å². The van der Waals surface area contributed by atoms with Crippen molar-refractivity contribution in [3.63, 3.8) is 0 Å². The summed E-state index contributed by atoms with van der Waals surface area (Å²) in [6.07, 6.45) is 0.659. The molecule has 4 rings (SSSR count). The molecular weight excluding hydrogens is 334 g/mol. The highest BCUT2D eigenvalue weighted by atomic mass is 32.1. The van der Waals surface area contributed by atoms with Crippen LogP contribution in [0.4, 0.5) is 5.69 Å². The van der Waals surface area contributed by atoms with Crippen LogP contribution in [0.5, 0.6) is 0 Å². The predicted octanol–water partition coefficient (Wildman–Crippen LogP) is 2.93. The first-order valence-electron chi connectivity index (χ1n) is 8.08. The summed E-state index contributed by atoms with van der Waals surface area (Å²) in [6.45, 7) is 0.776. The second-order valence-electron chi connectivity index (χ2n) is 5.75. The third-order valence-corrected chi connectivity index (χ3v) is 4.22. The number of para-hydroxylation sites is 2. The second-order valence-corrected chi connectivity index (χ2v) is 6.16. The van der Waals surface area contributed by atoms with Gasteiger partial charge in [0.1, 0.15) is 5.52 Å². The van der Waals surface area contributed by atoms with Gasteiger partial charge < -0.3 is 20.7 Å². The molecule has 0 aliphatic rings. The van der Waals surface area contributed by atoms with Gasteiger partial charge in [0.25, 0.3) is 0 Å². The van der Waals surface area contributed by atoms with Crippen molar-refractivity contribution in [2.45, 2.75) is 6.42 Å². The van der Waals surface area contributed by atoms with E-state index in [4.69, 9.17) is 22.3 Å². The Kier molecular flexibility index (Phi) is 4.17. The number of aliphatic hydroxyl groups excluding tert-OH is 1. The molecule has 126 valence electrons. The Bertz CT molecular complexity index is 1080. The topological polar surface area (TPSA) is 85.9 Å². The summed E-state index contributed by atoms with van der Waals surface area (Å²) in [6, 6.07) is 13.8. The van der Waals surface area contributed by atoms with E-state index < -0.39 is 0 Å². The van der Waals surface area contributed by atoms with Crippen LogP contribution >= 0.6 is 12.2 Å². The number of benzene rings is 2. The summed E-state index contributed by atoms with van der Waals surface area (Å²) in [5.41, 5.74) is 5.22. The summed E-state index contributed by atoms with van der Waals surface area (Å²) in [7, 11) is 0. The minimum atomic E-state index is 0.142. The van der Waals surface area contributed by atoms with Gasteiger partial charge >= 0.3 is 0 Å². The average Bonchev–Trinajstić information content (AvgIpc) is 2.97. The highest BCUT2D eigenvalue weighted by Crippen LogP contribution is 2.27. The molecule has 25 heavy (non-hydrogen) atoms. The summed E-state index contributed by atoms with van der Waals surface area (Å²) in [4.78, 5) is 12.7. The SMILES string of the molecule is OCCCNC(=S)Nc1ccc2[nH]c3nc4ccccc4nc3c2c1. The molecular formula is C18H17N5OS. The zero-order chi connectivity index (χ0) is 17.2. The van der Waals surface area contributed by atoms with Crippen LogP contribution in [0.1, 0.15) is 6.42 Å². The van der Waals surface area contributed by atoms with Gasteiger partial charge in [-0.2, -0.15) is 0 Å². The van der Waals surface area contributed by atoms with Crippen molar-refractivity contribution in [1.29, 1.82) is 0 Å². The Morgan fingerprint density at radius 3 is 2.72 bits per heavy atom. The number of rotatable bonds is 4. The molecule has 2 aromatic heterocycles. The molecule has 2 aromatic carbocycles. The monoisotopic (exact) mass is 351 g/mol. The smallest absolute Gasteiger partial charge is 0.170 e. The van der Waals surface area contributed by atoms with Gasteiger partial charge in [-0.05, 0) is 49.0 Å². The molecule has 0 saturated heterocycles. The van der Waals surface area contributed by atoms with E-state index in [1.54, 1.807) is 0 Å². The predicted molar refractivity (Wildman–Crippen MR) is 105 cm³/mol. The highest BCUT2D eigenvalue weighted by Gasteiger charge is 2.09. The molecule has 7 heteroatoms. The second kappa shape index (κ2) is 6.62. The van der Waals surface area contributed by atoms with Gasteiger partial charge in [0.05, 0.1) is 11.0 Å². The first-order valence-corrected chi connectivity index (χ1v) is 8.49. The lowest BCUT2D eigenvalue weighted by atomic mass is 10.2. The lowest BCUT2D eigenvalue weighted by molar-refractivity contribution is 0.289. The van der Waals surface area contributed by atoms with Crippen LogP contribution in [0.25, 0.3) is 33.1 Å². The van der Waals surface area contributed by atoms with Crippen LogP contribution in [-0.4, -0.2) is 38.3 Å². The molecule has 0 aliphatic carbocycles. The molecule has 2 heterocycles. The number of aromatic nitrogens is 3. The van der Waals surface area contributed by atoms with Gasteiger partial charge in [-0.15, -0.1) is 0 Å². The lowest BCUT2D eigenvalue weighted by Crippen LogP contribution is -2.29. The quantitative estimate of drug-likeness (QED) is 0.334. The number of aromatic amines is 1. The molecule has 0 spiro atoms. The number of thiocarbonyl (C=S) groups is 1. The first kappa shape index (κ1) is 15.7. The first-order chi connectivity index (χ1) is 12.2. The van der Waals surface area contributed by atoms with E-state index >= 15 is 0 Å². The number of fused-ring (bicyclic) bond motifs is 4. The van der Waals surface area contributed by atoms with E-state index in [0.717, 1.165) is 38.8 Å². The van der Waals surface area contributed by atoms with E-state index in [1.165, 1.54) is 0 Å². The highest BCUT2D eigenvalue weighted by molar-refractivity contribution is 7.80. The van der Waals surface area contributed by atoms with E-state index in [9.17, 15) is 0 Å². The number of hydrogen-bond donors (Lipinski definition) is 4. The molecule has 0 radical (unpaired) electrons. The average molecular weight is 351 g/mol. The van der Waals surface area contributed by atoms with Crippen molar-refractivity contribution in [3.8, 4) is 0 Å². The van der Waals surface area contributed by atoms with Crippen LogP contribution in [0.15, 0.2) is 42.5 Å². The van der Waals surface area contributed by atoms with Crippen LogP contribution in [-0.2, 0) is 0 Å². The van der Waals surface area contributed by atoms with Crippen LogP contribution < -0.4 is 10.6 Å². The zero-order valence-corrected chi connectivity index (χ0v) is 14.2. The summed E-state index contributed by atoms with van der Waals surface area (Å²) >= 11 is 5.27. The summed E-state index contributed by atoms with van der Waals surface area (Å²) < 4.78 is 0. The lowest BCUT2D eigenvalue weighted by Gasteiger charge is -2.10. The van der Waals surface area contributed by atoms with E-state index in [0.29, 0.717) is 18.1 Å². The standard InChI is InChI=1S/C18H17N5OS/c24-9-3-8-19-18(25)20-11-6-7-13-12(10-11)16-17(22-13)23-15-5-2-1-4-14(15)21-16/h1-2,4-7,10,24H,3,8-9H2,(H,22,23)(H2,19,20,25). The third kappa shape index (κ3) is 3.11. The van der Waals surface area contributed by atoms with E-state index in [1.807, 2.05) is 42.5 Å².